The molecular formula is C29H20Cl2N2. The zero-order valence-electron chi connectivity index (χ0n) is 17.7. The van der Waals surface area contributed by atoms with Crippen LogP contribution in [0.2, 0.25) is 10.0 Å². The maximum Gasteiger partial charge on any atom is 0.0501 e. The molecule has 6 aromatic rings. The molecular weight excluding hydrogens is 447 g/mol. The highest BCUT2D eigenvalue weighted by molar-refractivity contribution is 6.31. The summed E-state index contributed by atoms with van der Waals surface area (Å²) < 4.78 is 0. The average molecular weight is 467 g/mol. The van der Waals surface area contributed by atoms with Crippen LogP contribution in [0.15, 0.2) is 97.1 Å². The van der Waals surface area contributed by atoms with Gasteiger partial charge in [0.15, 0.2) is 0 Å². The minimum atomic E-state index is 0.726. The molecule has 0 bridgehead atoms. The van der Waals surface area contributed by atoms with Crippen molar-refractivity contribution in [2.45, 2.75) is 6.42 Å². The number of hydrogen-bond acceptors (Lipinski definition) is 0. The summed E-state index contributed by atoms with van der Waals surface area (Å²) in [5.74, 6) is 0. The molecule has 2 nitrogen and oxygen atoms in total. The number of nitrogens with one attached hydrogen (secondary N) is 2. The predicted octanol–water partition coefficient (Wildman–Crippen LogP) is 8.88. The number of hydrogen-bond donors (Lipinski definition) is 2. The Kier molecular flexibility index (Phi) is 4.98. The fourth-order valence-electron chi connectivity index (χ4n) is 4.72. The molecule has 0 unspecified atom stereocenters. The lowest BCUT2D eigenvalue weighted by molar-refractivity contribution is 1.22. The summed E-state index contributed by atoms with van der Waals surface area (Å²) in [5.41, 5.74) is 9.10. The zero-order chi connectivity index (χ0) is 22.4. The third-order valence-corrected chi connectivity index (χ3v) is 6.68. The van der Waals surface area contributed by atoms with Crippen molar-refractivity contribution in [2.24, 2.45) is 0 Å². The largest absolute Gasteiger partial charge is 0.354 e. The van der Waals surface area contributed by atoms with Crippen molar-refractivity contribution in [1.82, 2.24) is 9.97 Å². The number of aromatic nitrogens is 2. The summed E-state index contributed by atoms with van der Waals surface area (Å²) in [6.45, 7) is 0. The zero-order valence-corrected chi connectivity index (χ0v) is 19.2. The van der Waals surface area contributed by atoms with E-state index in [1.54, 1.807) is 0 Å². The van der Waals surface area contributed by atoms with Gasteiger partial charge in [-0.25, -0.2) is 0 Å². The Bertz CT molecular complexity index is 1500. The minimum absolute atomic E-state index is 0.726. The Morgan fingerprint density at radius 3 is 1.42 bits per heavy atom. The first-order valence-electron chi connectivity index (χ1n) is 10.9. The van der Waals surface area contributed by atoms with Gasteiger partial charge in [0.1, 0.15) is 0 Å². The van der Waals surface area contributed by atoms with Crippen molar-refractivity contribution >= 4 is 45.0 Å². The number of aromatic amines is 2. The van der Waals surface area contributed by atoms with E-state index >= 15 is 0 Å². The first kappa shape index (κ1) is 20.2. The second-order valence-electron chi connectivity index (χ2n) is 8.25. The van der Waals surface area contributed by atoms with Crippen LogP contribution in [-0.4, -0.2) is 9.97 Å². The smallest absolute Gasteiger partial charge is 0.0501 e. The number of H-pyrrole nitrogens is 2. The van der Waals surface area contributed by atoms with Crippen LogP contribution in [0.25, 0.3) is 44.3 Å². The number of benzene rings is 4. The van der Waals surface area contributed by atoms with Crippen LogP contribution < -0.4 is 0 Å². The number of fused-ring (bicyclic) bond motifs is 2. The van der Waals surface area contributed by atoms with E-state index in [4.69, 9.17) is 23.2 Å². The highest BCUT2D eigenvalue weighted by Gasteiger charge is 2.19. The summed E-state index contributed by atoms with van der Waals surface area (Å²) in [7, 11) is 0. The number of rotatable bonds is 4. The standard InChI is InChI=1S/C29H20Cl2N2/c30-20-9-5-7-18(15-20)28-24(22-11-1-3-13-26(22)32-28)17-25-23-12-2-4-14-27(23)33-29(25)19-8-6-10-21(31)16-19/h1-16,32-33H,17H2. The topological polar surface area (TPSA) is 31.6 Å². The lowest BCUT2D eigenvalue weighted by Gasteiger charge is -2.09. The van der Waals surface area contributed by atoms with Gasteiger partial charge in [0.2, 0.25) is 0 Å². The molecule has 33 heavy (non-hydrogen) atoms. The Labute approximate surface area is 201 Å². The van der Waals surface area contributed by atoms with E-state index in [1.807, 2.05) is 36.4 Å². The second kappa shape index (κ2) is 8.15. The molecule has 0 saturated heterocycles. The highest BCUT2D eigenvalue weighted by atomic mass is 35.5. The molecule has 0 aliphatic heterocycles. The van der Waals surface area contributed by atoms with Gasteiger partial charge < -0.3 is 9.97 Å². The molecule has 0 aliphatic carbocycles. The summed E-state index contributed by atoms with van der Waals surface area (Å²) in [6, 6.07) is 33.0. The first-order chi connectivity index (χ1) is 16.2. The number of para-hydroxylation sites is 2. The van der Waals surface area contributed by atoms with Crippen LogP contribution >= 0.6 is 23.2 Å². The van der Waals surface area contributed by atoms with Gasteiger partial charge in [-0.2, -0.15) is 0 Å². The van der Waals surface area contributed by atoms with Gasteiger partial charge in [0.25, 0.3) is 0 Å². The lowest BCUT2D eigenvalue weighted by atomic mass is 9.95. The maximum atomic E-state index is 6.36. The maximum absolute atomic E-state index is 6.36. The summed E-state index contributed by atoms with van der Waals surface area (Å²) in [4.78, 5) is 7.29. The molecule has 160 valence electrons. The molecule has 0 saturated carbocycles. The Morgan fingerprint density at radius 1 is 0.515 bits per heavy atom. The fraction of sp³-hybridized carbons (Fsp3) is 0.0345. The van der Waals surface area contributed by atoms with E-state index in [0.717, 1.165) is 50.0 Å². The molecule has 0 spiro atoms. The third-order valence-electron chi connectivity index (χ3n) is 6.21. The van der Waals surface area contributed by atoms with Crippen molar-refractivity contribution in [2.75, 3.05) is 0 Å². The van der Waals surface area contributed by atoms with Gasteiger partial charge in [0.05, 0.1) is 11.4 Å². The van der Waals surface area contributed by atoms with Crippen LogP contribution in [0, 0.1) is 0 Å². The van der Waals surface area contributed by atoms with E-state index < -0.39 is 0 Å². The Balaban J connectivity index is 1.60. The summed E-state index contributed by atoms with van der Waals surface area (Å²) >= 11 is 12.7. The van der Waals surface area contributed by atoms with Crippen molar-refractivity contribution < 1.29 is 0 Å². The molecule has 0 aliphatic rings. The fourth-order valence-corrected chi connectivity index (χ4v) is 5.11. The van der Waals surface area contributed by atoms with E-state index in [2.05, 4.69) is 70.6 Å². The molecule has 2 heterocycles. The Morgan fingerprint density at radius 2 is 0.970 bits per heavy atom. The average Bonchev–Trinajstić information content (AvgIpc) is 3.38. The molecule has 0 atom stereocenters. The first-order valence-corrected chi connectivity index (χ1v) is 11.6. The summed E-state index contributed by atoms with van der Waals surface area (Å²) in [6.07, 6.45) is 0.762. The van der Waals surface area contributed by atoms with Gasteiger partial charge in [-0.1, -0.05) is 83.9 Å². The Hall–Kier alpha value is -3.46. The second-order valence-corrected chi connectivity index (χ2v) is 9.12. The molecule has 0 radical (unpaired) electrons. The van der Waals surface area contributed by atoms with E-state index in [0.29, 0.717) is 0 Å². The molecule has 2 aromatic heterocycles. The van der Waals surface area contributed by atoms with Gasteiger partial charge in [0, 0.05) is 38.3 Å². The van der Waals surface area contributed by atoms with Crippen LogP contribution in [0.3, 0.4) is 0 Å². The molecule has 4 aromatic carbocycles. The van der Waals surface area contributed by atoms with Crippen molar-refractivity contribution in [3.05, 3.63) is 118 Å². The van der Waals surface area contributed by atoms with Gasteiger partial charge in [-0.15, -0.1) is 0 Å². The van der Waals surface area contributed by atoms with Gasteiger partial charge in [-0.3, -0.25) is 0 Å². The van der Waals surface area contributed by atoms with Crippen LogP contribution in [0.1, 0.15) is 11.1 Å². The van der Waals surface area contributed by atoms with Gasteiger partial charge >= 0.3 is 0 Å². The number of halogens is 2. The van der Waals surface area contributed by atoms with E-state index in [-0.39, 0.29) is 0 Å². The predicted molar refractivity (Wildman–Crippen MR) is 140 cm³/mol. The van der Waals surface area contributed by atoms with Crippen LogP contribution in [0.5, 0.6) is 0 Å². The summed E-state index contributed by atoms with van der Waals surface area (Å²) in [5, 5.41) is 3.89. The van der Waals surface area contributed by atoms with E-state index in [9.17, 15) is 0 Å². The van der Waals surface area contributed by atoms with Crippen molar-refractivity contribution in [3.63, 3.8) is 0 Å². The van der Waals surface area contributed by atoms with Gasteiger partial charge in [-0.05, 0) is 58.7 Å². The van der Waals surface area contributed by atoms with Crippen LogP contribution in [-0.2, 0) is 6.42 Å². The molecule has 0 fully saturated rings. The van der Waals surface area contributed by atoms with Crippen molar-refractivity contribution in [1.29, 1.82) is 0 Å². The minimum Gasteiger partial charge on any atom is -0.354 e. The molecule has 4 heteroatoms. The molecule has 2 N–H and O–H groups in total. The lowest BCUT2D eigenvalue weighted by Crippen LogP contribution is -1.93. The highest BCUT2D eigenvalue weighted by Crippen LogP contribution is 2.38. The quantitative estimate of drug-likeness (QED) is 0.260. The SMILES string of the molecule is Clc1cccc(-c2[nH]c3ccccc3c2Cc2c(-c3cccc(Cl)c3)[nH]c3ccccc23)c1. The van der Waals surface area contributed by atoms with E-state index in [1.165, 1.54) is 21.9 Å². The normalized spacial score (nSPS) is 11.5. The molecule has 0 amide bonds. The molecule has 6 rings (SSSR count). The monoisotopic (exact) mass is 466 g/mol. The third kappa shape index (κ3) is 3.62. The van der Waals surface area contributed by atoms with Crippen LogP contribution in [0.4, 0.5) is 0 Å². The van der Waals surface area contributed by atoms with Crippen molar-refractivity contribution in [3.8, 4) is 22.5 Å².